The van der Waals surface area contributed by atoms with E-state index in [2.05, 4.69) is 16.6 Å². The van der Waals surface area contributed by atoms with E-state index in [-0.39, 0.29) is 5.76 Å². The minimum atomic E-state index is -0.555. The first-order chi connectivity index (χ1) is 8.26. The van der Waals surface area contributed by atoms with E-state index in [1.807, 2.05) is 0 Å². The van der Waals surface area contributed by atoms with Gasteiger partial charge in [-0.2, -0.15) is 4.99 Å². The largest absolute Gasteiger partial charge is 0.510 e. The lowest BCUT2D eigenvalue weighted by Gasteiger charge is -2.08. The van der Waals surface area contributed by atoms with E-state index in [9.17, 15) is 14.7 Å². The zero-order valence-electron chi connectivity index (χ0n) is 9.63. The molecule has 0 saturated carbocycles. The van der Waals surface area contributed by atoms with Crippen molar-refractivity contribution in [2.24, 2.45) is 9.98 Å². The molecule has 0 aromatic carbocycles. The molecule has 92 valence electrons. The van der Waals surface area contributed by atoms with E-state index in [1.165, 1.54) is 24.3 Å². The molecular formula is C12H16N2O3. The highest BCUT2D eigenvalue weighted by Crippen LogP contribution is 2.12. The molecular weight excluding hydrogens is 220 g/mol. The lowest BCUT2D eigenvalue weighted by atomic mass is 10.1. The van der Waals surface area contributed by atoms with Crippen LogP contribution in [0.3, 0.4) is 0 Å². The second-order valence-corrected chi connectivity index (χ2v) is 3.39. The number of nitrogens with zero attached hydrogens (tertiary/aromatic N) is 2. The first-order valence-corrected chi connectivity index (χ1v) is 5.38. The number of aliphatic hydroxyl groups excluding tert-OH is 1. The number of allylic oxidation sites excluding steroid dienone is 2. The van der Waals surface area contributed by atoms with E-state index < -0.39 is 6.04 Å². The van der Waals surface area contributed by atoms with Crippen molar-refractivity contribution in [3.8, 4) is 0 Å². The number of aliphatic imine (C=N–C) groups is 2. The first-order valence-electron chi connectivity index (χ1n) is 5.38. The summed E-state index contributed by atoms with van der Waals surface area (Å²) in [7, 11) is 0. The van der Waals surface area contributed by atoms with Crippen LogP contribution >= 0.6 is 0 Å². The summed E-state index contributed by atoms with van der Waals surface area (Å²) < 4.78 is 0. The summed E-state index contributed by atoms with van der Waals surface area (Å²) in [5.41, 5.74) is 0. The van der Waals surface area contributed by atoms with Crippen molar-refractivity contribution in [1.29, 1.82) is 0 Å². The summed E-state index contributed by atoms with van der Waals surface area (Å²) in [6.45, 7) is 3.91. The van der Waals surface area contributed by atoms with E-state index in [1.54, 1.807) is 0 Å². The fourth-order valence-corrected chi connectivity index (χ4v) is 1.32. The molecule has 0 aliphatic heterocycles. The zero-order valence-corrected chi connectivity index (χ0v) is 9.63. The molecule has 0 aromatic heterocycles. The van der Waals surface area contributed by atoms with Crippen LogP contribution in [0, 0.1) is 0 Å². The standard InChI is InChI=1S/C12H16N2O3/c1-2-6-12(17)11(14-10-16)7-4-3-5-8-13-9-15/h2,6,11,17H,1,3-5,7-8H2/b12-6-. The van der Waals surface area contributed by atoms with E-state index in [0.717, 1.165) is 19.3 Å². The summed E-state index contributed by atoms with van der Waals surface area (Å²) >= 11 is 0. The van der Waals surface area contributed by atoms with Crippen molar-refractivity contribution in [3.05, 3.63) is 24.5 Å². The van der Waals surface area contributed by atoms with Gasteiger partial charge < -0.3 is 5.11 Å². The minimum absolute atomic E-state index is 0.00858. The molecule has 0 bridgehead atoms. The predicted molar refractivity (Wildman–Crippen MR) is 64.3 cm³/mol. The molecule has 1 N–H and O–H groups in total. The molecule has 0 spiro atoms. The number of rotatable bonds is 9. The highest BCUT2D eigenvalue weighted by molar-refractivity contribution is 5.35. The van der Waals surface area contributed by atoms with Crippen LogP contribution in [0.4, 0.5) is 0 Å². The third-order valence-corrected chi connectivity index (χ3v) is 2.15. The quantitative estimate of drug-likeness (QED) is 0.219. The second kappa shape index (κ2) is 10.6. The van der Waals surface area contributed by atoms with Crippen LogP contribution < -0.4 is 0 Å². The Balaban J connectivity index is 4.01. The Labute approximate surface area is 100 Å². The number of isocyanates is 2. The SMILES string of the molecule is C=C/C=C(\O)C(CCCCCN=C=O)N=C=O. The molecule has 0 heterocycles. The summed E-state index contributed by atoms with van der Waals surface area (Å²) in [6, 6.07) is -0.555. The van der Waals surface area contributed by atoms with Gasteiger partial charge in [-0.15, -0.1) is 0 Å². The van der Waals surface area contributed by atoms with Gasteiger partial charge >= 0.3 is 0 Å². The van der Waals surface area contributed by atoms with Crippen LogP contribution in [-0.2, 0) is 9.59 Å². The fraction of sp³-hybridized carbons (Fsp3) is 0.500. The van der Waals surface area contributed by atoms with Crippen molar-refractivity contribution in [3.63, 3.8) is 0 Å². The number of unbranched alkanes of at least 4 members (excludes halogenated alkanes) is 2. The zero-order chi connectivity index (χ0) is 12.9. The van der Waals surface area contributed by atoms with Crippen LogP contribution in [0.2, 0.25) is 0 Å². The Kier molecular flexibility index (Phi) is 9.34. The molecule has 0 saturated heterocycles. The van der Waals surface area contributed by atoms with Crippen molar-refractivity contribution in [1.82, 2.24) is 0 Å². The molecule has 5 nitrogen and oxygen atoms in total. The fourth-order valence-electron chi connectivity index (χ4n) is 1.32. The average Bonchev–Trinajstić information content (AvgIpc) is 2.32. The summed E-state index contributed by atoms with van der Waals surface area (Å²) in [4.78, 5) is 26.9. The van der Waals surface area contributed by atoms with Gasteiger partial charge in [0, 0.05) is 0 Å². The maximum absolute atomic E-state index is 10.2. The number of aliphatic hydroxyl groups is 1. The van der Waals surface area contributed by atoms with Crippen molar-refractivity contribution < 1.29 is 14.7 Å². The molecule has 5 heteroatoms. The highest BCUT2D eigenvalue weighted by atomic mass is 16.3. The van der Waals surface area contributed by atoms with Gasteiger partial charge in [0.2, 0.25) is 12.2 Å². The first kappa shape index (κ1) is 15.0. The van der Waals surface area contributed by atoms with Crippen molar-refractivity contribution in [2.75, 3.05) is 6.54 Å². The minimum Gasteiger partial charge on any atom is -0.510 e. The van der Waals surface area contributed by atoms with Gasteiger partial charge in [-0.05, 0) is 18.9 Å². The smallest absolute Gasteiger partial charge is 0.235 e. The van der Waals surface area contributed by atoms with E-state index >= 15 is 0 Å². The predicted octanol–water partition coefficient (Wildman–Crippen LogP) is 2.21. The van der Waals surface area contributed by atoms with E-state index in [4.69, 9.17) is 0 Å². The van der Waals surface area contributed by atoms with Crippen LogP contribution in [0.5, 0.6) is 0 Å². The van der Waals surface area contributed by atoms with Crippen LogP contribution in [0.1, 0.15) is 25.7 Å². The molecule has 0 rings (SSSR count). The summed E-state index contributed by atoms with van der Waals surface area (Å²) in [6.07, 6.45) is 8.69. The third-order valence-electron chi connectivity index (χ3n) is 2.15. The van der Waals surface area contributed by atoms with Gasteiger partial charge in [0.05, 0.1) is 6.54 Å². The molecule has 0 amide bonds. The van der Waals surface area contributed by atoms with Crippen molar-refractivity contribution >= 4 is 12.2 Å². The van der Waals surface area contributed by atoms with Crippen LogP contribution in [0.25, 0.3) is 0 Å². The second-order valence-electron chi connectivity index (χ2n) is 3.39. The molecule has 0 aliphatic carbocycles. The third kappa shape index (κ3) is 7.91. The number of hydrogen-bond acceptors (Lipinski definition) is 5. The molecule has 0 radical (unpaired) electrons. The van der Waals surface area contributed by atoms with Gasteiger partial charge in [0.25, 0.3) is 0 Å². The van der Waals surface area contributed by atoms with Crippen LogP contribution in [0.15, 0.2) is 34.5 Å². The van der Waals surface area contributed by atoms with Gasteiger partial charge in [-0.25, -0.2) is 14.6 Å². The maximum atomic E-state index is 10.2. The van der Waals surface area contributed by atoms with E-state index in [0.29, 0.717) is 13.0 Å². The van der Waals surface area contributed by atoms with Crippen LogP contribution in [-0.4, -0.2) is 29.9 Å². The van der Waals surface area contributed by atoms with Gasteiger partial charge in [-0.3, -0.25) is 0 Å². The Morgan fingerprint density at radius 3 is 2.65 bits per heavy atom. The molecule has 17 heavy (non-hydrogen) atoms. The number of hydrogen-bond donors (Lipinski definition) is 1. The summed E-state index contributed by atoms with van der Waals surface area (Å²) in [5.74, 6) is 0.00858. The number of carbonyl (C=O) groups excluding carboxylic acids is 2. The van der Waals surface area contributed by atoms with Gasteiger partial charge in [0.15, 0.2) is 0 Å². The van der Waals surface area contributed by atoms with Gasteiger partial charge in [-0.1, -0.05) is 25.5 Å². The summed E-state index contributed by atoms with van der Waals surface area (Å²) in [5, 5.41) is 9.53. The molecule has 1 unspecified atom stereocenters. The lowest BCUT2D eigenvalue weighted by molar-refractivity contribution is 0.355. The Morgan fingerprint density at radius 1 is 1.29 bits per heavy atom. The molecule has 0 fully saturated rings. The highest BCUT2D eigenvalue weighted by Gasteiger charge is 2.10. The Hall–Kier alpha value is -1.96. The molecule has 0 aromatic rings. The molecule has 0 aliphatic rings. The Morgan fingerprint density at radius 2 is 2.06 bits per heavy atom. The Bertz CT molecular complexity index is 351. The monoisotopic (exact) mass is 236 g/mol. The van der Waals surface area contributed by atoms with Crippen molar-refractivity contribution in [2.45, 2.75) is 31.7 Å². The average molecular weight is 236 g/mol. The normalized spacial score (nSPS) is 12.1. The lowest BCUT2D eigenvalue weighted by Crippen LogP contribution is -2.07. The topological polar surface area (TPSA) is 79.1 Å². The molecule has 1 atom stereocenters. The maximum Gasteiger partial charge on any atom is 0.235 e. The van der Waals surface area contributed by atoms with Gasteiger partial charge in [0.1, 0.15) is 11.8 Å².